The number of methoxy groups -OCH3 is 1. The van der Waals surface area contributed by atoms with Crippen LogP contribution in [0.25, 0.3) is 22.0 Å². The summed E-state index contributed by atoms with van der Waals surface area (Å²) in [5, 5.41) is 5.37. The Labute approximate surface area is 178 Å². The third-order valence-corrected chi connectivity index (χ3v) is 5.80. The number of amides is 1. The summed E-state index contributed by atoms with van der Waals surface area (Å²) in [5.41, 5.74) is 5.01. The van der Waals surface area contributed by atoms with E-state index in [0.717, 1.165) is 33.3 Å². The topological polar surface area (TPSA) is 60.2 Å². The van der Waals surface area contributed by atoms with Crippen molar-refractivity contribution in [2.45, 2.75) is 20.0 Å². The number of carbonyl (C=O) groups excluding carboxylic acids is 1. The standard InChI is InChI=1S/C24H21FN4O2/c1-14-9-15(16-6-7-22(31-3)23-19(16)11-28(2)27-23)10-20(25)18(14)12-29-13-21-17(24(29)30)5-4-8-26-21/h4-11H,12-13H2,1-3H3. The summed E-state index contributed by atoms with van der Waals surface area (Å²) >= 11 is 0. The number of carbonyl (C=O) groups is 1. The molecule has 7 heteroatoms. The molecule has 2 aromatic carbocycles. The van der Waals surface area contributed by atoms with Crippen LogP contribution in [0.2, 0.25) is 0 Å². The fourth-order valence-corrected chi connectivity index (χ4v) is 4.24. The van der Waals surface area contributed by atoms with Crippen LogP contribution in [0.3, 0.4) is 0 Å². The highest BCUT2D eigenvalue weighted by atomic mass is 19.1. The summed E-state index contributed by atoms with van der Waals surface area (Å²) in [5.74, 6) is 0.228. The minimum absolute atomic E-state index is 0.113. The minimum atomic E-state index is -0.334. The maximum Gasteiger partial charge on any atom is 0.256 e. The van der Waals surface area contributed by atoms with Gasteiger partial charge in [0, 0.05) is 36.9 Å². The largest absolute Gasteiger partial charge is 0.494 e. The van der Waals surface area contributed by atoms with Crippen molar-refractivity contribution in [1.82, 2.24) is 19.7 Å². The Morgan fingerprint density at radius 1 is 1.19 bits per heavy atom. The summed E-state index contributed by atoms with van der Waals surface area (Å²) in [4.78, 5) is 18.6. The third kappa shape index (κ3) is 3.13. The molecule has 2 aromatic heterocycles. The lowest BCUT2D eigenvalue weighted by Crippen LogP contribution is -2.24. The second-order valence-corrected chi connectivity index (χ2v) is 7.79. The number of halogens is 1. The average Bonchev–Trinajstić information content (AvgIpc) is 3.29. The molecule has 0 saturated heterocycles. The number of fused-ring (bicyclic) bond motifs is 2. The second-order valence-electron chi connectivity index (χ2n) is 7.79. The molecule has 0 atom stereocenters. The Morgan fingerprint density at radius 2 is 2.03 bits per heavy atom. The van der Waals surface area contributed by atoms with Crippen molar-refractivity contribution in [2.24, 2.45) is 7.05 Å². The molecular weight excluding hydrogens is 395 g/mol. The first-order valence-electron chi connectivity index (χ1n) is 9.99. The van der Waals surface area contributed by atoms with Gasteiger partial charge in [-0.3, -0.25) is 14.5 Å². The van der Waals surface area contributed by atoms with Gasteiger partial charge in [-0.05, 0) is 53.9 Å². The number of aromatic nitrogens is 3. The highest BCUT2D eigenvalue weighted by molar-refractivity contribution is 5.98. The SMILES string of the molecule is COc1ccc(-c2cc(C)c(CN3Cc4ncccc4C3=O)c(F)c2)c2cn(C)nc12. The average molecular weight is 416 g/mol. The number of rotatable bonds is 4. The highest BCUT2D eigenvalue weighted by Crippen LogP contribution is 2.35. The van der Waals surface area contributed by atoms with Crippen molar-refractivity contribution in [3.05, 3.63) is 77.0 Å². The van der Waals surface area contributed by atoms with Crippen LogP contribution < -0.4 is 4.74 Å². The molecule has 6 nitrogen and oxygen atoms in total. The molecule has 3 heterocycles. The van der Waals surface area contributed by atoms with E-state index in [1.54, 1.807) is 35.0 Å². The van der Waals surface area contributed by atoms with Gasteiger partial charge < -0.3 is 9.64 Å². The number of pyridine rings is 1. The molecule has 0 unspecified atom stereocenters. The van der Waals surface area contributed by atoms with Gasteiger partial charge in [-0.1, -0.05) is 6.07 Å². The van der Waals surface area contributed by atoms with Crippen molar-refractivity contribution in [2.75, 3.05) is 7.11 Å². The monoisotopic (exact) mass is 416 g/mol. The maximum atomic E-state index is 15.3. The molecule has 0 radical (unpaired) electrons. The lowest BCUT2D eigenvalue weighted by Gasteiger charge is -2.18. The molecule has 4 aromatic rings. The first-order chi connectivity index (χ1) is 15.0. The molecule has 0 bridgehead atoms. The molecule has 31 heavy (non-hydrogen) atoms. The molecule has 156 valence electrons. The van der Waals surface area contributed by atoms with Crippen molar-refractivity contribution < 1.29 is 13.9 Å². The molecule has 0 fully saturated rings. The van der Waals surface area contributed by atoms with E-state index in [4.69, 9.17) is 4.74 Å². The van der Waals surface area contributed by atoms with Crippen molar-refractivity contribution >= 4 is 16.8 Å². The minimum Gasteiger partial charge on any atom is -0.494 e. The predicted molar refractivity (Wildman–Crippen MR) is 115 cm³/mol. The number of nitrogens with zero attached hydrogens (tertiary/aromatic N) is 4. The van der Waals surface area contributed by atoms with Gasteiger partial charge in [-0.25, -0.2) is 4.39 Å². The van der Waals surface area contributed by atoms with Crippen LogP contribution in [0.15, 0.2) is 48.8 Å². The maximum absolute atomic E-state index is 15.3. The Morgan fingerprint density at radius 3 is 2.77 bits per heavy atom. The van der Waals surface area contributed by atoms with E-state index in [9.17, 15) is 4.79 Å². The van der Waals surface area contributed by atoms with Crippen LogP contribution in [0.5, 0.6) is 5.75 Å². The van der Waals surface area contributed by atoms with Gasteiger partial charge in [0.1, 0.15) is 17.1 Å². The van der Waals surface area contributed by atoms with Crippen LogP contribution in [0, 0.1) is 12.7 Å². The smallest absolute Gasteiger partial charge is 0.256 e. The van der Waals surface area contributed by atoms with Crippen LogP contribution in [0.4, 0.5) is 4.39 Å². The number of aryl methyl sites for hydroxylation is 2. The normalized spacial score (nSPS) is 13.2. The third-order valence-electron chi connectivity index (χ3n) is 5.80. The van der Waals surface area contributed by atoms with Gasteiger partial charge in [-0.15, -0.1) is 0 Å². The Balaban J connectivity index is 1.51. The quantitative estimate of drug-likeness (QED) is 0.499. The van der Waals surface area contributed by atoms with E-state index in [1.165, 1.54) is 6.07 Å². The lowest BCUT2D eigenvalue weighted by atomic mass is 9.96. The lowest BCUT2D eigenvalue weighted by molar-refractivity contribution is 0.0764. The summed E-state index contributed by atoms with van der Waals surface area (Å²) in [6.45, 7) is 2.47. The fraction of sp³-hybridized carbons (Fsp3) is 0.208. The first kappa shape index (κ1) is 19.2. The fourth-order valence-electron chi connectivity index (χ4n) is 4.24. The Bertz CT molecular complexity index is 1320. The van der Waals surface area contributed by atoms with Crippen LogP contribution in [-0.2, 0) is 20.1 Å². The zero-order chi connectivity index (χ0) is 21.7. The van der Waals surface area contributed by atoms with Crippen molar-refractivity contribution in [1.29, 1.82) is 0 Å². The molecule has 0 spiro atoms. The zero-order valence-corrected chi connectivity index (χ0v) is 17.5. The van der Waals surface area contributed by atoms with Gasteiger partial charge in [0.05, 0.1) is 24.9 Å². The summed E-state index contributed by atoms with van der Waals surface area (Å²) < 4.78 is 22.4. The van der Waals surface area contributed by atoms with E-state index in [1.807, 2.05) is 38.4 Å². The summed E-state index contributed by atoms with van der Waals surface area (Å²) in [7, 11) is 3.45. The van der Waals surface area contributed by atoms with Crippen LogP contribution >= 0.6 is 0 Å². The summed E-state index contributed by atoms with van der Waals surface area (Å²) in [6, 6.07) is 10.8. The number of hydrogen-bond acceptors (Lipinski definition) is 4. The van der Waals surface area contributed by atoms with E-state index in [0.29, 0.717) is 23.4 Å². The van der Waals surface area contributed by atoms with E-state index < -0.39 is 0 Å². The highest BCUT2D eigenvalue weighted by Gasteiger charge is 2.29. The molecule has 5 rings (SSSR count). The van der Waals surface area contributed by atoms with Crippen LogP contribution in [-0.4, -0.2) is 32.7 Å². The van der Waals surface area contributed by atoms with Gasteiger partial charge in [0.15, 0.2) is 0 Å². The van der Waals surface area contributed by atoms with E-state index in [2.05, 4.69) is 10.1 Å². The number of ether oxygens (including phenoxy) is 1. The molecule has 1 amide bonds. The molecule has 0 saturated carbocycles. The van der Waals surface area contributed by atoms with E-state index >= 15 is 4.39 Å². The number of benzene rings is 2. The first-order valence-corrected chi connectivity index (χ1v) is 9.99. The molecule has 1 aliphatic heterocycles. The summed E-state index contributed by atoms with van der Waals surface area (Å²) in [6.07, 6.45) is 3.58. The second kappa shape index (κ2) is 7.19. The predicted octanol–water partition coefficient (Wildman–Crippen LogP) is 4.25. The van der Waals surface area contributed by atoms with Gasteiger partial charge in [0.25, 0.3) is 5.91 Å². The molecule has 0 N–H and O–H groups in total. The molecular formula is C24H21FN4O2. The number of hydrogen-bond donors (Lipinski definition) is 0. The molecule has 1 aliphatic rings. The van der Waals surface area contributed by atoms with E-state index in [-0.39, 0.29) is 18.3 Å². The Hall–Kier alpha value is -3.74. The molecule has 0 aliphatic carbocycles. The van der Waals surface area contributed by atoms with Crippen molar-refractivity contribution in [3.8, 4) is 16.9 Å². The van der Waals surface area contributed by atoms with Crippen LogP contribution in [0.1, 0.15) is 27.2 Å². The van der Waals surface area contributed by atoms with Crippen molar-refractivity contribution in [3.63, 3.8) is 0 Å². The van der Waals surface area contributed by atoms with Gasteiger partial charge >= 0.3 is 0 Å². The van der Waals surface area contributed by atoms with Gasteiger partial charge in [-0.2, -0.15) is 5.10 Å². The zero-order valence-electron chi connectivity index (χ0n) is 17.5. The van der Waals surface area contributed by atoms with Gasteiger partial charge in [0.2, 0.25) is 0 Å². The Kier molecular flexibility index (Phi) is 4.46.